The molecule has 0 aliphatic heterocycles. The van der Waals surface area contributed by atoms with E-state index in [1.807, 2.05) is 20.8 Å². The number of hydrogen-bond acceptors (Lipinski definition) is 3. The lowest BCUT2D eigenvalue weighted by Gasteiger charge is -2.25. The minimum Gasteiger partial charge on any atom is -0.319 e. The van der Waals surface area contributed by atoms with Crippen molar-refractivity contribution in [2.75, 3.05) is 5.32 Å². The predicted octanol–water partition coefficient (Wildman–Crippen LogP) is 2.05. The van der Waals surface area contributed by atoms with E-state index in [2.05, 4.69) is 10.3 Å². The number of halogens is 1. The summed E-state index contributed by atoms with van der Waals surface area (Å²) in [4.78, 5) is 15.7. The third-order valence-corrected chi connectivity index (χ3v) is 2.42. The summed E-state index contributed by atoms with van der Waals surface area (Å²) in [5.41, 5.74) is 5.52. The summed E-state index contributed by atoms with van der Waals surface area (Å²) in [6.07, 6.45) is 1.53. The van der Waals surface area contributed by atoms with Crippen LogP contribution in [0.15, 0.2) is 18.3 Å². The molecule has 0 aliphatic carbocycles. The smallest absolute Gasteiger partial charge is 0.242 e. The Kier molecular flexibility index (Phi) is 3.88. The van der Waals surface area contributed by atoms with Gasteiger partial charge in [-0.1, -0.05) is 32.4 Å². The number of aromatic nitrogens is 1. The van der Waals surface area contributed by atoms with E-state index in [0.29, 0.717) is 10.8 Å². The molecule has 88 valence electrons. The van der Waals surface area contributed by atoms with Gasteiger partial charge in [0.1, 0.15) is 5.82 Å². The highest BCUT2D eigenvalue weighted by Crippen LogP contribution is 2.19. The summed E-state index contributed by atoms with van der Waals surface area (Å²) >= 11 is 5.78. The first kappa shape index (κ1) is 12.9. The second-order valence-corrected chi connectivity index (χ2v) is 5.13. The van der Waals surface area contributed by atoms with Crippen LogP contribution in [0.4, 0.5) is 5.82 Å². The predicted molar refractivity (Wildman–Crippen MR) is 65.3 cm³/mol. The van der Waals surface area contributed by atoms with E-state index >= 15 is 0 Å². The Morgan fingerprint density at radius 2 is 2.19 bits per heavy atom. The van der Waals surface area contributed by atoms with Gasteiger partial charge in [-0.2, -0.15) is 0 Å². The molecule has 4 nitrogen and oxygen atoms in total. The lowest BCUT2D eigenvalue weighted by molar-refractivity contribution is -0.119. The molecule has 0 aromatic carbocycles. The Balaban J connectivity index is 2.72. The summed E-state index contributed by atoms with van der Waals surface area (Å²) in [6.45, 7) is 5.72. The van der Waals surface area contributed by atoms with Gasteiger partial charge in [-0.15, -0.1) is 0 Å². The van der Waals surface area contributed by atoms with Gasteiger partial charge in [0.25, 0.3) is 0 Å². The van der Waals surface area contributed by atoms with Crippen molar-refractivity contribution in [1.82, 2.24) is 4.98 Å². The molecular formula is C11H16ClN3O. The van der Waals surface area contributed by atoms with E-state index in [9.17, 15) is 4.79 Å². The minimum absolute atomic E-state index is 0.262. The van der Waals surface area contributed by atoms with Crippen LogP contribution in [0.25, 0.3) is 0 Å². The number of carbonyl (C=O) groups is 1. The zero-order valence-corrected chi connectivity index (χ0v) is 10.4. The monoisotopic (exact) mass is 241 g/mol. The molecule has 5 heteroatoms. The molecule has 3 N–H and O–H groups in total. The van der Waals surface area contributed by atoms with Crippen molar-refractivity contribution < 1.29 is 4.79 Å². The molecule has 1 amide bonds. The molecule has 1 heterocycles. The largest absolute Gasteiger partial charge is 0.319 e. The number of amides is 1. The van der Waals surface area contributed by atoms with E-state index in [4.69, 9.17) is 17.3 Å². The molecule has 1 atom stereocenters. The molecule has 0 radical (unpaired) electrons. The summed E-state index contributed by atoms with van der Waals surface area (Å²) in [7, 11) is 0. The quantitative estimate of drug-likeness (QED) is 0.833. The molecule has 0 aliphatic rings. The Hall–Kier alpha value is -1.13. The fourth-order valence-electron chi connectivity index (χ4n) is 1.07. The van der Waals surface area contributed by atoms with Gasteiger partial charge < -0.3 is 11.1 Å². The van der Waals surface area contributed by atoms with Gasteiger partial charge in [0.2, 0.25) is 5.91 Å². The summed E-state index contributed by atoms with van der Waals surface area (Å²) in [6, 6.07) is 2.63. The SMILES string of the molecule is CC(C)(C)[C@@H](N)C(=O)Nc1cc(Cl)ccn1. The fraction of sp³-hybridized carbons (Fsp3) is 0.455. The molecule has 0 unspecified atom stereocenters. The van der Waals surface area contributed by atoms with Gasteiger partial charge in [0, 0.05) is 11.2 Å². The Bertz CT molecular complexity index is 387. The van der Waals surface area contributed by atoms with Gasteiger partial charge in [0.15, 0.2) is 0 Å². The normalized spacial score (nSPS) is 13.3. The van der Waals surface area contributed by atoms with Crippen molar-refractivity contribution in [1.29, 1.82) is 0 Å². The van der Waals surface area contributed by atoms with Gasteiger partial charge in [-0.25, -0.2) is 4.98 Å². The average molecular weight is 242 g/mol. The lowest BCUT2D eigenvalue weighted by Crippen LogP contribution is -2.45. The third-order valence-electron chi connectivity index (χ3n) is 2.19. The highest BCUT2D eigenvalue weighted by molar-refractivity contribution is 6.30. The van der Waals surface area contributed by atoms with Crippen LogP contribution in [-0.2, 0) is 4.79 Å². The highest BCUT2D eigenvalue weighted by atomic mass is 35.5. The molecule has 0 bridgehead atoms. The van der Waals surface area contributed by atoms with Crippen LogP contribution in [0.1, 0.15) is 20.8 Å². The summed E-state index contributed by atoms with van der Waals surface area (Å²) in [5, 5.41) is 3.15. The van der Waals surface area contributed by atoms with Crippen LogP contribution in [-0.4, -0.2) is 16.9 Å². The van der Waals surface area contributed by atoms with Crippen LogP contribution in [0.3, 0.4) is 0 Å². The van der Waals surface area contributed by atoms with Gasteiger partial charge in [-0.3, -0.25) is 4.79 Å². The zero-order chi connectivity index (χ0) is 12.3. The number of nitrogens with two attached hydrogens (primary N) is 1. The highest BCUT2D eigenvalue weighted by Gasteiger charge is 2.27. The number of carbonyl (C=O) groups excluding carboxylic acids is 1. The van der Waals surface area contributed by atoms with E-state index in [0.717, 1.165) is 0 Å². The van der Waals surface area contributed by atoms with Gasteiger partial charge >= 0.3 is 0 Å². The van der Waals surface area contributed by atoms with Gasteiger partial charge in [-0.05, 0) is 17.5 Å². The van der Waals surface area contributed by atoms with Crippen molar-refractivity contribution in [2.45, 2.75) is 26.8 Å². The number of rotatable bonds is 2. The number of nitrogens with one attached hydrogen (secondary N) is 1. The number of pyridine rings is 1. The Morgan fingerprint density at radius 1 is 1.56 bits per heavy atom. The van der Waals surface area contributed by atoms with E-state index < -0.39 is 6.04 Å². The van der Waals surface area contributed by atoms with Crippen LogP contribution in [0.2, 0.25) is 5.02 Å². The fourth-order valence-corrected chi connectivity index (χ4v) is 1.23. The standard InChI is InChI=1S/C11H16ClN3O/c1-11(2,3)9(13)10(16)15-8-6-7(12)4-5-14-8/h4-6,9H,13H2,1-3H3,(H,14,15,16)/t9-/m0/s1. The number of anilines is 1. The maximum Gasteiger partial charge on any atom is 0.242 e. The number of hydrogen-bond donors (Lipinski definition) is 2. The molecule has 1 aromatic rings. The molecule has 16 heavy (non-hydrogen) atoms. The maximum absolute atomic E-state index is 11.8. The van der Waals surface area contributed by atoms with Crippen molar-refractivity contribution in [3.8, 4) is 0 Å². The minimum atomic E-state index is -0.590. The molecule has 1 rings (SSSR count). The van der Waals surface area contributed by atoms with Crippen LogP contribution in [0.5, 0.6) is 0 Å². The van der Waals surface area contributed by atoms with E-state index in [1.54, 1.807) is 12.1 Å². The first-order valence-electron chi connectivity index (χ1n) is 4.98. The first-order chi connectivity index (χ1) is 7.30. The molecule has 1 aromatic heterocycles. The second kappa shape index (κ2) is 4.80. The van der Waals surface area contributed by atoms with Crippen molar-refractivity contribution in [3.05, 3.63) is 23.4 Å². The topological polar surface area (TPSA) is 68.0 Å². The van der Waals surface area contributed by atoms with Crippen molar-refractivity contribution in [2.24, 2.45) is 11.1 Å². The third kappa shape index (κ3) is 3.47. The van der Waals surface area contributed by atoms with Crippen molar-refractivity contribution >= 4 is 23.3 Å². The molecule has 0 fully saturated rings. The van der Waals surface area contributed by atoms with Crippen LogP contribution in [0, 0.1) is 5.41 Å². The molecular weight excluding hydrogens is 226 g/mol. The van der Waals surface area contributed by atoms with E-state index in [-0.39, 0.29) is 11.3 Å². The molecule has 0 saturated heterocycles. The van der Waals surface area contributed by atoms with Crippen LogP contribution < -0.4 is 11.1 Å². The lowest BCUT2D eigenvalue weighted by atomic mass is 9.87. The first-order valence-corrected chi connectivity index (χ1v) is 5.36. The van der Waals surface area contributed by atoms with Gasteiger partial charge in [0.05, 0.1) is 6.04 Å². The zero-order valence-electron chi connectivity index (χ0n) is 9.62. The van der Waals surface area contributed by atoms with E-state index in [1.165, 1.54) is 6.20 Å². The molecule has 0 spiro atoms. The van der Waals surface area contributed by atoms with Crippen molar-refractivity contribution in [3.63, 3.8) is 0 Å². The van der Waals surface area contributed by atoms with Crippen LogP contribution >= 0.6 is 11.6 Å². The Morgan fingerprint density at radius 3 is 2.69 bits per heavy atom. The average Bonchev–Trinajstić information content (AvgIpc) is 2.15. The number of nitrogens with zero attached hydrogens (tertiary/aromatic N) is 1. The summed E-state index contributed by atoms with van der Waals surface area (Å²) in [5.74, 6) is 0.152. The molecule has 0 saturated carbocycles. The Labute approximate surface area is 100 Å². The second-order valence-electron chi connectivity index (χ2n) is 4.69. The maximum atomic E-state index is 11.8. The summed E-state index contributed by atoms with van der Waals surface area (Å²) < 4.78 is 0.